The molecule has 0 fully saturated rings. The molecule has 0 saturated heterocycles. The molecule has 0 nitrogen and oxygen atoms in total. The van der Waals surface area contributed by atoms with Crippen molar-refractivity contribution in [2.75, 3.05) is 0 Å². The van der Waals surface area contributed by atoms with Crippen LogP contribution in [0.3, 0.4) is 0 Å². The van der Waals surface area contributed by atoms with Gasteiger partial charge in [-0.25, -0.2) is 0 Å². The predicted octanol–water partition coefficient (Wildman–Crippen LogP) is 11.2. The lowest BCUT2D eigenvalue weighted by Crippen LogP contribution is -1.79. The van der Waals surface area contributed by atoms with Crippen molar-refractivity contribution in [2.24, 2.45) is 0 Å². The second-order valence-electron chi connectivity index (χ2n) is 8.11. The van der Waals surface area contributed by atoms with Crippen LogP contribution in [0, 0.1) is 0 Å². The molecule has 0 heterocycles. The van der Waals surface area contributed by atoms with Crippen LogP contribution in [-0.4, -0.2) is 0 Å². The first-order chi connectivity index (χ1) is 14.0. The number of hydrogen-bond donors (Lipinski definition) is 0. The van der Waals surface area contributed by atoms with E-state index in [-0.39, 0.29) is 0 Å². The lowest BCUT2D eigenvalue weighted by atomic mass is 10.1. The predicted molar refractivity (Wildman–Crippen MR) is 140 cm³/mol. The minimum absolute atomic E-state index is 1.13. The van der Waals surface area contributed by atoms with Crippen molar-refractivity contribution in [2.45, 2.75) is 137 Å². The van der Waals surface area contributed by atoms with Gasteiger partial charge < -0.3 is 0 Å². The Bertz CT molecular complexity index is 341. The van der Waals surface area contributed by atoms with Crippen LogP contribution in [0.4, 0.5) is 0 Å². The largest absolute Gasteiger partial charge is 0.0988 e. The lowest BCUT2D eigenvalue weighted by Gasteiger charge is -1.99. The number of rotatable bonds is 18. The molecule has 172 valence electrons. The van der Waals surface area contributed by atoms with Gasteiger partial charge in [-0.15, -0.1) is 0 Å². The van der Waals surface area contributed by atoms with Crippen LogP contribution in [-0.2, 0) is 0 Å². The van der Waals surface area contributed by atoms with Crippen molar-refractivity contribution in [1.29, 1.82) is 0 Å². The monoisotopic (exact) mass is 404 g/mol. The van der Waals surface area contributed by atoms with Gasteiger partial charge in [-0.1, -0.05) is 161 Å². The molecule has 0 N–H and O–H groups in total. The van der Waals surface area contributed by atoms with E-state index in [1.165, 1.54) is 107 Å². The summed E-state index contributed by atoms with van der Waals surface area (Å²) in [6.07, 6.45) is 26.4. The summed E-state index contributed by atoms with van der Waals surface area (Å²) in [5, 5.41) is 0. The molecule has 0 radical (unpaired) electrons. The Morgan fingerprint density at radius 3 is 0.931 bits per heavy atom. The molecule has 0 heteroatoms. The molecule has 0 aromatic heterocycles. The minimum Gasteiger partial charge on any atom is -0.0988 e. The maximum absolute atomic E-state index is 3.87. The van der Waals surface area contributed by atoms with Crippen molar-refractivity contribution < 1.29 is 0 Å². The van der Waals surface area contributed by atoms with E-state index in [0.717, 1.165) is 12.8 Å². The second kappa shape index (κ2) is 31.6. The van der Waals surface area contributed by atoms with Gasteiger partial charge in [0.1, 0.15) is 0 Å². The van der Waals surface area contributed by atoms with Crippen LogP contribution in [0.15, 0.2) is 49.6 Å². The number of allylic oxidation sites excluding steroid dienone is 4. The number of unbranched alkanes of at least 4 members (excludes halogenated alkanes) is 12. The Morgan fingerprint density at radius 2 is 0.690 bits per heavy atom. The molecule has 0 aliphatic rings. The summed E-state index contributed by atoms with van der Waals surface area (Å²) in [5.41, 5.74) is 2.36. The first-order valence-corrected chi connectivity index (χ1v) is 12.6. The Labute approximate surface area is 186 Å². The Morgan fingerprint density at radius 1 is 0.448 bits per heavy atom. The van der Waals surface area contributed by atoms with Crippen LogP contribution >= 0.6 is 0 Å². The normalized spacial score (nSPS) is 9.52. The van der Waals surface area contributed by atoms with E-state index in [4.69, 9.17) is 0 Å². The van der Waals surface area contributed by atoms with E-state index in [1.54, 1.807) is 0 Å². The maximum atomic E-state index is 3.87. The van der Waals surface area contributed by atoms with Gasteiger partial charge in [0.25, 0.3) is 0 Å². The molecule has 29 heavy (non-hydrogen) atoms. The molecule has 0 aromatic rings. The van der Waals surface area contributed by atoms with Crippen LogP contribution in [0.2, 0.25) is 0 Å². The molecule has 0 rings (SSSR count). The van der Waals surface area contributed by atoms with Gasteiger partial charge >= 0.3 is 0 Å². The fourth-order valence-electron chi connectivity index (χ4n) is 2.79. The standard InChI is InChI=1S/C11H20.C10H18.C8H18/c1-4-6-7-8-9-10-11(3)5-2;1-4-6-7-8-9-10(3)5-2;1-3-5-7-8-6-4-2/h5H,2-4,6-10H2,1H3;5H,2-4,6-9H2,1H3;3-8H2,1-2H3. The zero-order chi connectivity index (χ0) is 22.6. The highest BCUT2D eigenvalue weighted by atomic mass is 14.0. The third-order valence-corrected chi connectivity index (χ3v) is 4.99. The fraction of sp³-hybridized carbons (Fsp3) is 0.724. The molecule has 0 spiro atoms. The van der Waals surface area contributed by atoms with E-state index in [9.17, 15) is 0 Å². The van der Waals surface area contributed by atoms with Crippen molar-refractivity contribution in [1.82, 2.24) is 0 Å². The zero-order valence-corrected chi connectivity index (χ0v) is 21.0. The van der Waals surface area contributed by atoms with E-state index in [0.29, 0.717) is 0 Å². The van der Waals surface area contributed by atoms with Crippen LogP contribution in [0.1, 0.15) is 137 Å². The third-order valence-electron chi connectivity index (χ3n) is 4.99. The maximum Gasteiger partial charge on any atom is -0.0285 e. The quantitative estimate of drug-likeness (QED) is 0.157. The van der Waals surface area contributed by atoms with E-state index >= 15 is 0 Å². The summed E-state index contributed by atoms with van der Waals surface area (Å²) in [6.45, 7) is 24.0. The summed E-state index contributed by atoms with van der Waals surface area (Å²) in [7, 11) is 0. The Hall–Kier alpha value is -1.04. The molecule has 0 bridgehead atoms. The molecule has 0 aliphatic carbocycles. The minimum atomic E-state index is 1.13. The third kappa shape index (κ3) is 38.2. The summed E-state index contributed by atoms with van der Waals surface area (Å²) < 4.78 is 0. The fourth-order valence-corrected chi connectivity index (χ4v) is 2.79. The first-order valence-electron chi connectivity index (χ1n) is 12.6. The van der Waals surface area contributed by atoms with Crippen LogP contribution in [0.5, 0.6) is 0 Å². The Kier molecular flexibility index (Phi) is 35.6. The van der Waals surface area contributed by atoms with Crippen LogP contribution in [0.25, 0.3) is 0 Å². The molecule has 0 aromatic carbocycles. The molecule has 0 saturated carbocycles. The highest BCUT2D eigenvalue weighted by Crippen LogP contribution is 2.10. The van der Waals surface area contributed by atoms with Crippen molar-refractivity contribution in [3.63, 3.8) is 0 Å². The summed E-state index contributed by atoms with van der Waals surface area (Å²) >= 11 is 0. The van der Waals surface area contributed by atoms with E-state index in [1.807, 2.05) is 12.2 Å². The molecule has 0 amide bonds. The average Bonchev–Trinajstić information content (AvgIpc) is 2.74. The smallest absolute Gasteiger partial charge is 0.0285 e. The Balaban J connectivity index is -0.000000354. The van der Waals surface area contributed by atoms with E-state index < -0.39 is 0 Å². The zero-order valence-electron chi connectivity index (χ0n) is 21.0. The van der Waals surface area contributed by atoms with Gasteiger partial charge in [-0.2, -0.15) is 0 Å². The molecular formula is C29H56. The summed E-state index contributed by atoms with van der Waals surface area (Å²) in [5.74, 6) is 0. The van der Waals surface area contributed by atoms with Gasteiger partial charge in [-0.3, -0.25) is 0 Å². The van der Waals surface area contributed by atoms with Crippen molar-refractivity contribution in [3.05, 3.63) is 49.6 Å². The SMILES string of the molecule is C=CC(=C)CCCCCC.C=CC(=C)CCCCCCC.CCCCCCCC. The highest BCUT2D eigenvalue weighted by molar-refractivity contribution is 5.10. The average molecular weight is 405 g/mol. The second-order valence-corrected chi connectivity index (χ2v) is 8.11. The molecular weight excluding hydrogens is 348 g/mol. The highest BCUT2D eigenvalue weighted by Gasteiger charge is 1.90. The van der Waals surface area contributed by atoms with Gasteiger partial charge in [-0.05, 0) is 25.7 Å². The van der Waals surface area contributed by atoms with Crippen LogP contribution < -0.4 is 0 Å². The van der Waals surface area contributed by atoms with Gasteiger partial charge in [0.05, 0.1) is 0 Å². The van der Waals surface area contributed by atoms with Gasteiger partial charge in [0, 0.05) is 0 Å². The summed E-state index contributed by atoms with van der Waals surface area (Å²) in [6, 6.07) is 0. The summed E-state index contributed by atoms with van der Waals surface area (Å²) in [4.78, 5) is 0. The number of hydrogen-bond acceptors (Lipinski definition) is 0. The topological polar surface area (TPSA) is 0 Å². The van der Waals surface area contributed by atoms with E-state index in [2.05, 4.69) is 54.0 Å². The molecule has 0 atom stereocenters. The molecule has 0 aliphatic heterocycles. The van der Waals surface area contributed by atoms with Gasteiger partial charge in [0.15, 0.2) is 0 Å². The lowest BCUT2D eigenvalue weighted by molar-refractivity contribution is 0.624. The first kappa shape index (κ1) is 32.6. The van der Waals surface area contributed by atoms with Crippen molar-refractivity contribution in [3.8, 4) is 0 Å². The van der Waals surface area contributed by atoms with Crippen molar-refractivity contribution >= 4 is 0 Å². The van der Waals surface area contributed by atoms with Gasteiger partial charge in [0.2, 0.25) is 0 Å². The molecule has 0 unspecified atom stereocenters.